The van der Waals surface area contributed by atoms with Gasteiger partial charge in [-0.1, -0.05) is 24.3 Å². The Hall–Kier alpha value is -4.20. The molecule has 8 heteroatoms. The Morgan fingerprint density at radius 1 is 0.897 bits per heavy atom. The number of ether oxygens (including phenoxy) is 4. The molecule has 1 aromatic heterocycles. The number of rotatable bonds is 14. The molecule has 4 rings (SSSR count). The second kappa shape index (κ2) is 13.6. The molecule has 0 saturated carbocycles. The van der Waals surface area contributed by atoms with Gasteiger partial charge >= 0.3 is 0 Å². The van der Waals surface area contributed by atoms with Crippen molar-refractivity contribution in [1.82, 2.24) is 14.9 Å². The predicted molar refractivity (Wildman–Crippen MR) is 152 cm³/mol. The number of para-hydroxylation sites is 2. The number of nitrogens with zero attached hydrogens (tertiary/aromatic N) is 2. The molecule has 8 nitrogen and oxygen atoms in total. The fourth-order valence-corrected chi connectivity index (χ4v) is 4.60. The van der Waals surface area contributed by atoms with Crippen LogP contribution < -0.4 is 24.3 Å². The number of carbonyl (C=O) groups is 1. The maximum Gasteiger partial charge on any atom is 0.251 e. The fraction of sp³-hybridized carbons (Fsp3) is 0.355. The fourth-order valence-electron chi connectivity index (χ4n) is 4.60. The van der Waals surface area contributed by atoms with E-state index >= 15 is 0 Å². The number of amides is 1. The smallest absolute Gasteiger partial charge is 0.251 e. The highest BCUT2D eigenvalue weighted by Crippen LogP contribution is 2.38. The van der Waals surface area contributed by atoms with Gasteiger partial charge in [0.15, 0.2) is 11.5 Å². The summed E-state index contributed by atoms with van der Waals surface area (Å²) in [4.78, 5) is 17.7. The van der Waals surface area contributed by atoms with E-state index < -0.39 is 0 Å². The molecule has 1 N–H and O–H groups in total. The summed E-state index contributed by atoms with van der Waals surface area (Å²) < 4.78 is 24.3. The number of carbonyl (C=O) groups excluding carboxylic acids is 1. The van der Waals surface area contributed by atoms with Crippen LogP contribution in [0.25, 0.3) is 11.0 Å². The zero-order valence-electron chi connectivity index (χ0n) is 23.2. The van der Waals surface area contributed by atoms with Crippen LogP contribution in [0.1, 0.15) is 41.0 Å². The van der Waals surface area contributed by atoms with Gasteiger partial charge in [0.2, 0.25) is 5.75 Å². The zero-order valence-corrected chi connectivity index (χ0v) is 23.2. The lowest BCUT2D eigenvalue weighted by Crippen LogP contribution is -2.25. The number of nitrogens with one attached hydrogen (secondary N) is 1. The standard InChI is InChI=1S/C31H37N3O5/c1-22-11-9-12-24(19-22)39-18-8-7-17-34-26-14-6-5-13-25(26)33-29(34)15-10-16-32-31(35)23-20-27(36-2)30(38-4)28(21-23)37-3/h5-6,9,11-14,19-21H,7-8,10,15-18H2,1-4H3,(H,32,35). The van der Waals surface area contributed by atoms with E-state index in [0.29, 0.717) is 36.0 Å². The first-order valence-corrected chi connectivity index (χ1v) is 13.3. The maximum atomic E-state index is 12.8. The zero-order chi connectivity index (χ0) is 27.6. The average molecular weight is 532 g/mol. The first-order chi connectivity index (χ1) is 19.0. The average Bonchev–Trinajstić information content (AvgIpc) is 3.31. The molecule has 0 radical (unpaired) electrons. The van der Waals surface area contributed by atoms with Gasteiger partial charge in [-0.25, -0.2) is 4.98 Å². The summed E-state index contributed by atoms with van der Waals surface area (Å²) in [6, 6.07) is 19.6. The summed E-state index contributed by atoms with van der Waals surface area (Å²) in [6.07, 6.45) is 3.45. The van der Waals surface area contributed by atoms with Crippen molar-refractivity contribution in [2.45, 2.75) is 39.2 Å². The van der Waals surface area contributed by atoms with Crippen molar-refractivity contribution in [2.75, 3.05) is 34.5 Å². The number of unbranched alkanes of at least 4 members (excludes halogenated alkanes) is 1. The molecule has 4 aromatic rings. The molecular weight excluding hydrogens is 494 g/mol. The van der Waals surface area contributed by atoms with E-state index in [9.17, 15) is 4.79 Å². The number of hydrogen-bond donors (Lipinski definition) is 1. The van der Waals surface area contributed by atoms with Crippen LogP contribution in [0, 0.1) is 6.92 Å². The molecule has 1 amide bonds. The van der Waals surface area contributed by atoms with Gasteiger partial charge in [0.05, 0.1) is 39.0 Å². The van der Waals surface area contributed by atoms with E-state index in [4.69, 9.17) is 23.9 Å². The minimum Gasteiger partial charge on any atom is -0.494 e. The first-order valence-electron chi connectivity index (χ1n) is 13.3. The van der Waals surface area contributed by atoms with Gasteiger partial charge in [0.25, 0.3) is 5.91 Å². The molecule has 0 aliphatic carbocycles. The minimum atomic E-state index is -0.198. The molecule has 0 unspecified atom stereocenters. The summed E-state index contributed by atoms with van der Waals surface area (Å²) in [6.45, 7) is 4.13. The number of benzene rings is 3. The number of fused-ring (bicyclic) bond motifs is 1. The topological polar surface area (TPSA) is 83.8 Å². The number of aryl methyl sites for hydroxylation is 3. The third kappa shape index (κ3) is 7.02. The number of methoxy groups -OCH3 is 3. The third-order valence-electron chi connectivity index (χ3n) is 6.56. The summed E-state index contributed by atoms with van der Waals surface area (Å²) in [5, 5.41) is 3.00. The van der Waals surface area contributed by atoms with Crippen LogP contribution in [-0.4, -0.2) is 49.9 Å². The molecule has 3 aromatic carbocycles. The highest BCUT2D eigenvalue weighted by atomic mass is 16.5. The van der Waals surface area contributed by atoms with Gasteiger partial charge in [-0.2, -0.15) is 0 Å². The predicted octanol–water partition coefficient (Wildman–Crippen LogP) is 5.59. The lowest BCUT2D eigenvalue weighted by atomic mass is 10.1. The summed E-state index contributed by atoms with van der Waals surface area (Å²) in [5.74, 6) is 3.09. The largest absolute Gasteiger partial charge is 0.494 e. The Bertz CT molecular complexity index is 1370. The SMILES string of the molecule is COc1cc(C(=O)NCCCc2nc3ccccc3n2CCCCOc2cccc(C)c2)cc(OC)c1OC. The van der Waals surface area contributed by atoms with Gasteiger partial charge < -0.3 is 28.8 Å². The Balaban J connectivity index is 1.32. The van der Waals surface area contributed by atoms with Crippen LogP contribution in [0.5, 0.6) is 23.0 Å². The summed E-state index contributed by atoms with van der Waals surface area (Å²) in [5.41, 5.74) is 3.77. The Morgan fingerprint density at radius 2 is 1.67 bits per heavy atom. The second-order valence-electron chi connectivity index (χ2n) is 9.31. The summed E-state index contributed by atoms with van der Waals surface area (Å²) in [7, 11) is 4.59. The monoisotopic (exact) mass is 531 g/mol. The van der Waals surface area contributed by atoms with Crippen LogP contribution in [0.2, 0.25) is 0 Å². The lowest BCUT2D eigenvalue weighted by molar-refractivity contribution is 0.0952. The highest BCUT2D eigenvalue weighted by Gasteiger charge is 2.17. The van der Waals surface area contributed by atoms with Crippen molar-refractivity contribution in [3.8, 4) is 23.0 Å². The number of imidazole rings is 1. The molecule has 0 aliphatic rings. The molecule has 0 saturated heterocycles. The van der Waals surface area contributed by atoms with E-state index in [1.165, 1.54) is 26.9 Å². The first kappa shape index (κ1) is 27.8. The summed E-state index contributed by atoms with van der Waals surface area (Å²) >= 11 is 0. The normalized spacial score (nSPS) is 10.9. The minimum absolute atomic E-state index is 0.198. The van der Waals surface area contributed by atoms with Crippen molar-refractivity contribution < 1.29 is 23.7 Å². The molecule has 206 valence electrons. The molecule has 0 aliphatic heterocycles. The van der Waals surface area contributed by atoms with Gasteiger partial charge in [0.1, 0.15) is 11.6 Å². The number of hydrogen-bond acceptors (Lipinski definition) is 6. The second-order valence-corrected chi connectivity index (χ2v) is 9.31. The van der Waals surface area contributed by atoms with Crippen molar-refractivity contribution in [3.63, 3.8) is 0 Å². The molecule has 0 fully saturated rings. The van der Waals surface area contributed by atoms with Crippen molar-refractivity contribution in [1.29, 1.82) is 0 Å². The van der Waals surface area contributed by atoms with Crippen LogP contribution >= 0.6 is 0 Å². The van der Waals surface area contributed by atoms with Crippen LogP contribution in [0.3, 0.4) is 0 Å². The van der Waals surface area contributed by atoms with E-state index in [2.05, 4.69) is 35.0 Å². The van der Waals surface area contributed by atoms with Crippen LogP contribution in [-0.2, 0) is 13.0 Å². The molecule has 0 atom stereocenters. The van der Waals surface area contributed by atoms with E-state index in [-0.39, 0.29) is 5.91 Å². The third-order valence-corrected chi connectivity index (χ3v) is 6.56. The van der Waals surface area contributed by atoms with E-state index in [1.807, 2.05) is 30.3 Å². The number of aromatic nitrogens is 2. The van der Waals surface area contributed by atoms with E-state index in [0.717, 1.165) is 54.8 Å². The van der Waals surface area contributed by atoms with Crippen molar-refractivity contribution in [3.05, 3.63) is 77.6 Å². The Labute approximate surface area is 229 Å². The molecule has 0 spiro atoms. The maximum absolute atomic E-state index is 12.8. The van der Waals surface area contributed by atoms with E-state index in [1.54, 1.807) is 12.1 Å². The molecule has 1 heterocycles. The quantitative estimate of drug-likeness (QED) is 0.214. The molecular formula is C31H37N3O5. The van der Waals surface area contributed by atoms with Crippen molar-refractivity contribution in [2.24, 2.45) is 0 Å². The van der Waals surface area contributed by atoms with Crippen LogP contribution in [0.15, 0.2) is 60.7 Å². The lowest BCUT2D eigenvalue weighted by Gasteiger charge is -2.14. The van der Waals surface area contributed by atoms with Crippen molar-refractivity contribution >= 4 is 16.9 Å². The molecule has 0 bridgehead atoms. The van der Waals surface area contributed by atoms with Crippen LogP contribution in [0.4, 0.5) is 0 Å². The van der Waals surface area contributed by atoms with Gasteiger partial charge in [-0.05, 0) is 68.1 Å². The Morgan fingerprint density at radius 3 is 2.38 bits per heavy atom. The van der Waals surface area contributed by atoms with Gasteiger partial charge in [-0.3, -0.25) is 4.79 Å². The van der Waals surface area contributed by atoms with Gasteiger partial charge in [-0.15, -0.1) is 0 Å². The highest BCUT2D eigenvalue weighted by molar-refractivity contribution is 5.95. The molecule has 39 heavy (non-hydrogen) atoms. The Kier molecular flexibility index (Phi) is 9.67. The van der Waals surface area contributed by atoms with Gasteiger partial charge in [0, 0.05) is 25.1 Å².